The van der Waals surface area contributed by atoms with Crippen molar-refractivity contribution in [2.45, 2.75) is 33.4 Å². The molecule has 0 spiro atoms. The van der Waals surface area contributed by atoms with Crippen LogP contribution in [0, 0.1) is 13.8 Å². The average Bonchev–Trinajstić information content (AvgIpc) is 3.15. The number of hydrogen-bond acceptors (Lipinski definition) is 3. The summed E-state index contributed by atoms with van der Waals surface area (Å²) >= 11 is 5.93. The molecule has 4 aromatic rings. The Hall–Kier alpha value is -3.64. The minimum absolute atomic E-state index is 0.0742. The van der Waals surface area contributed by atoms with Crippen LogP contribution < -0.4 is 10.6 Å². The second kappa shape index (κ2) is 9.46. The maximum atomic E-state index is 13.0. The molecule has 1 aromatic heterocycles. The molecule has 0 aliphatic carbocycles. The van der Waals surface area contributed by atoms with Gasteiger partial charge in [0, 0.05) is 16.3 Å². The fraction of sp³-hybridized carbons (Fsp3) is 0.192. The summed E-state index contributed by atoms with van der Waals surface area (Å²) in [5.41, 5.74) is 4.92. The van der Waals surface area contributed by atoms with Gasteiger partial charge in [-0.2, -0.15) is 0 Å². The number of nitrogens with zero attached hydrogens (tertiary/aromatic N) is 2. The molecular weight excluding hydrogens is 436 g/mol. The molecule has 0 saturated heterocycles. The van der Waals surface area contributed by atoms with E-state index in [0.29, 0.717) is 16.4 Å². The molecule has 1 unspecified atom stereocenters. The third-order valence-electron chi connectivity index (χ3n) is 5.57. The van der Waals surface area contributed by atoms with Gasteiger partial charge in [-0.1, -0.05) is 41.9 Å². The van der Waals surface area contributed by atoms with Crippen LogP contribution in [-0.4, -0.2) is 21.4 Å². The normalized spacial score (nSPS) is 11.9. The van der Waals surface area contributed by atoms with Crippen molar-refractivity contribution in [3.8, 4) is 0 Å². The van der Waals surface area contributed by atoms with E-state index < -0.39 is 6.04 Å². The first-order valence-electron chi connectivity index (χ1n) is 10.7. The summed E-state index contributed by atoms with van der Waals surface area (Å²) in [6, 6.07) is 19.8. The molecule has 0 aliphatic rings. The van der Waals surface area contributed by atoms with Crippen LogP contribution in [0.15, 0.2) is 66.7 Å². The lowest BCUT2D eigenvalue weighted by Crippen LogP contribution is -2.30. The van der Waals surface area contributed by atoms with Gasteiger partial charge in [0.15, 0.2) is 0 Å². The van der Waals surface area contributed by atoms with E-state index in [1.165, 1.54) is 0 Å². The summed E-state index contributed by atoms with van der Waals surface area (Å²) in [7, 11) is 0. The van der Waals surface area contributed by atoms with Crippen LogP contribution >= 0.6 is 11.6 Å². The zero-order valence-electron chi connectivity index (χ0n) is 18.7. The first-order valence-corrected chi connectivity index (χ1v) is 11.1. The van der Waals surface area contributed by atoms with E-state index in [4.69, 9.17) is 16.6 Å². The largest absolute Gasteiger partial charge is 0.342 e. The molecule has 0 aliphatic heterocycles. The molecule has 1 atom stereocenters. The molecule has 33 heavy (non-hydrogen) atoms. The van der Waals surface area contributed by atoms with Crippen LogP contribution in [0.2, 0.25) is 5.02 Å². The minimum atomic E-state index is -0.423. The number of carbonyl (C=O) groups is 2. The number of rotatable bonds is 6. The Balaban J connectivity index is 1.60. The fourth-order valence-corrected chi connectivity index (χ4v) is 4.00. The maximum Gasteiger partial charge on any atom is 0.251 e. The van der Waals surface area contributed by atoms with Gasteiger partial charge in [0.05, 0.1) is 17.1 Å². The second-order valence-electron chi connectivity index (χ2n) is 8.06. The van der Waals surface area contributed by atoms with Crippen molar-refractivity contribution in [2.24, 2.45) is 0 Å². The van der Waals surface area contributed by atoms with E-state index in [2.05, 4.69) is 10.6 Å². The Morgan fingerprint density at radius 3 is 2.33 bits per heavy atom. The summed E-state index contributed by atoms with van der Waals surface area (Å²) in [5, 5.41) is 6.58. The zero-order chi connectivity index (χ0) is 23.5. The number of carbonyl (C=O) groups excluding carboxylic acids is 2. The minimum Gasteiger partial charge on any atom is -0.342 e. The van der Waals surface area contributed by atoms with E-state index in [-0.39, 0.29) is 18.4 Å². The Kier molecular flexibility index (Phi) is 6.47. The van der Waals surface area contributed by atoms with Gasteiger partial charge in [-0.3, -0.25) is 9.59 Å². The van der Waals surface area contributed by atoms with Gasteiger partial charge < -0.3 is 15.2 Å². The van der Waals surface area contributed by atoms with Crippen LogP contribution in [0.1, 0.15) is 40.3 Å². The van der Waals surface area contributed by atoms with Crippen molar-refractivity contribution in [1.82, 2.24) is 14.9 Å². The van der Waals surface area contributed by atoms with Crippen LogP contribution in [0.25, 0.3) is 11.0 Å². The molecule has 0 radical (unpaired) electrons. The molecule has 0 fully saturated rings. The molecule has 2 amide bonds. The van der Waals surface area contributed by atoms with Crippen LogP contribution in [-0.2, 0) is 11.3 Å². The molecule has 168 valence electrons. The summed E-state index contributed by atoms with van der Waals surface area (Å²) in [6.07, 6.45) is 0. The number of para-hydroxylation sites is 3. The van der Waals surface area contributed by atoms with E-state index in [9.17, 15) is 9.59 Å². The van der Waals surface area contributed by atoms with E-state index in [1.807, 2.05) is 67.8 Å². The lowest BCUT2D eigenvalue weighted by Gasteiger charge is -2.17. The monoisotopic (exact) mass is 460 g/mol. The van der Waals surface area contributed by atoms with Gasteiger partial charge in [-0.25, -0.2) is 4.98 Å². The highest BCUT2D eigenvalue weighted by molar-refractivity contribution is 6.30. The number of nitrogens with one attached hydrogen (secondary N) is 2. The fourth-order valence-electron chi connectivity index (χ4n) is 3.87. The zero-order valence-corrected chi connectivity index (χ0v) is 19.5. The molecule has 6 nitrogen and oxygen atoms in total. The van der Waals surface area contributed by atoms with Crippen molar-refractivity contribution in [2.75, 3.05) is 5.32 Å². The van der Waals surface area contributed by atoms with Gasteiger partial charge in [0.25, 0.3) is 5.91 Å². The third kappa shape index (κ3) is 4.91. The van der Waals surface area contributed by atoms with Gasteiger partial charge in [0.2, 0.25) is 5.91 Å². The standard InChI is InChI=1S/C26H25ClN4O2/c1-16-7-6-8-17(2)24(16)30-23(32)15-31-22-10-5-4-9-21(22)29-25(31)18(3)28-26(33)19-11-13-20(27)14-12-19/h4-14,18H,15H2,1-3H3,(H,28,33)(H,30,32). The number of halogens is 1. The van der Waals surface area contributed by atoms with E-state index in [0.717, 1.165) is 27.8 Å². The highest BCUT2D eigenvalue weighted by Crippen LogP contribution is 2.23. The third-order valence-corrected chi connectivity index (χ3v) is 5.82. The predicted molar refractivity (Wildman–Crippen MR) is 132 cm³/mol. The highest BCUT2D eigenvalue weighted by Gasteiger charge is 2.21. The smallest absolute Gasteiger partial charge is 0.251 e. The lowest BCUT2D eigenvalue weighted by atomic mass is 10.1. The van der Waals surface area contributed by atoms with Crippen LogP contribution in [0.4, 0.5) is 5.69 Å². The molecule has 0 bridgehead atoms. The number of amides is 2. The Bertz CT molecular complexity index is 1310. The lowest BCUT2D eigenvalue weighted by molar-refractivity contribution is -0.116. The van der Waals surface area contributed by atoms with Gasteiger partial charge in [-0.05, 0) is 68.3 Å². The van der Waals surface area contributed by atoms with Gasteiger partial charge in [-0.15, -0.1) is 0 Å². The number of fused-ring (bicyclic) bond motifs is 1. The van der Waals surface area contributed by atoms with Crippen molar-refractivity contribution in [3.05, 3.63) is 94.3 Å². The number of aromatic nitrogens is 2. The van der Waals surface area contributed by atoms with Crippen LogP contribution in [0.3, 0.4) is 0 Å². The second-order valence-corrected chi connectivity index (χ2v) is 8.50. The summed E-state index contributed by atoms with van der Waals surface area (Å²) in [5.74, 6) is 0.209. The van der Waals surface area contributed by atoms with Crippen molar-refractivity contribution in [1.29, 1.82) is 0 Å². The Morgan fingerprint density at radius 2 is 1.64 bits per heavy atom. The Morgan fingerprint density at radius 1 is 0.970 bits per heavy atom. The van der Waals surface area contributed by atoms with E-state index in [1.54, 1.807) is 24.3 Å². The maximum absolute atomic E-state index is 13.0. The van der Waals surface area contributed by atoms with Crippen molar-refractivity contribution < 1.29 is 9.59 Å². The highest BCUT2D eigenvalue weighted by atomic mass is 35.5. The van der Waals surface area contributed by atoms with Crippen molar-refractivity contribution >= 4 is 40.1 Å². The molecule has 4 rings (SSSR count). The molecule has 2 N–H and O–H groups in total. The number of anilines is 1. The van der Waals surface area contributed by atoms with E-state index >= 15 is 0 Å². The summed E-state index contributed by atoms with van der Waals surface area (Å²) in [4.78, 5) is 30.5. The molecular formula is C26H25ClN4O2. The molecule has 0 saturated carbocycles. The number of hydrogen-bond donors (Lipinski definition) is 2. The number of benzene rings is 3. The molecule has 7 heteroatoms. The van der Waals surface area contributed by atoms with Crippen molar-refractivity contribution in [3.63, 3.8) is 0 Å². The summed E-state index contributed by atoms with van der Waals surface area (Å²) in [6.45, 7) is 5.86. The first kappa shape index (κ1) is 22.6. The van der Waals surface area contributed by atoms with Crippen LogP contribution in [0.5, 0.6) is 0 Å². The summed E-state index contributed by atoms with van der Waals surface area (Å²) < 4.78 is 1.85. The number of imidazole rings is 1. The van der Waals surface area contributed by atoms with Gasteiger partial charge >= 0.3 is 0 Å². The average molecular weight is 461 g/mol. The molecule has 1 heterocycles. The predicted octanol–water partition coefficient (Wildman–Crippen LogP) is 5.44. The quantitative estimate of drug-likeness (QED) is 0.402. The molecule has 3 aromatic carbocycles. The SMILES string of the molecule is Cc1cccc(C)c1NC(=O)Cn1c(C(C)NC(=O)c2ccc(Cl)cc2)nc2ccccc21. The number of aryl methyl sites for hydroxylation is 2. The Labute approximate surface area is 197 Å². The first-order chi connectivity index (χ1) is 15.8. The topological polar surface area (TPSA) is 76.0 Å². The van der Waals surface area contributed by atoms with Gasteiger partial charge in [0.1, 0.15) is 12.4 Å².